The molecule has 1 saturated carbocycles. The van der Waals surface area contributed by atoms with Gasteiger partial charge in [0.25, 0.3) is 0 Å². The predicted octanol–water partition coefficient (Wildman–Crippen LogP) is 4.18. The number of aromatic nitrogens is 2. The first-order valence-corrected chi connectivity index (χ1v) is 10.1. The summed E-state index contributed by atoms with van der Waals surface area (Å²) in [6.07, 6.45) is 5.94. The normalized spacial score (nSPS) is 22.2. The van der Waals surface area contributed by atoms with Crippen LogP contribution >= 0.6 is 11.3 Å². The number of nitrogens with zero attached hydrogens (tertiary/aromatic N) is 3. The molecule has 0 spiro atoms. The fourth-order valence-corrected chi connectivity index (χ4v) is 4.95. The Morgan fingerprint density at radius 1 is 1.19 bits per heavy atom. The van der Waals surface area contributed by atoms with Crippen LogP contribution < -0.4 is 5.32 Å². The summed E-state index contributed by atoms with van der Waals surface area (Å²) in [6, 6.07) is 7.30. The van der Waals surface area contributed by atoms with Crippen LogP contribution in [0.15, 0.2) is 24.5 Å². The van der Waals surface area contributed by atoms with Crippen LogP contribution in [0, 0.1) is 0 Å². The van der Waals surface area contributed by atoms with E-state index in [1.807, 2.05) is 6.07 Å². The Labute approximate surface area is 158 Å². The van der Waals surface area contributed by atoms with Gasteiger partial charge < -0.3 is 15.3 Å². The summed E-state index contributed by atoms with van der Waals surface area (Å²) in [5.41, 5.74) is 0.929. The summed E-state index contributed by atoms with van der Waals surface area (Å²) >= 11 is 1.68. The van der Waals surface area contributed by atoms with E-state index in [1.54, 1.807) is 24.6 Å². The average Bonchev–Trinajstić information content (AvgIpc) is 3.00. The van der Waals surface area contributed by atoms with Crippen molar-refractivity contribution in [3.8, 4) is 0 Å². The molecule has 3 aromatic rings. The highest BCUT2D eigenvalue weighted by Gasteiger charge is 2.23. The molecular formula is C20H26N4OS. The molecule has 0 aliphatic heterocycles. The molecule has 0 saturated heterocycles. The zero-order chi connectivity index (χ0) is 18.3. The molecule has 0 bridgehead atoms. The average molecular weight is 371 g/mol. The Morgan fingerprint density at radius 2 is 1.96 bits per heavy atom. The van der Waals surface area contributed by atoms with E-state index in [9.17, 15) is 5.11 Å². The maximum Gasteiger partial charge on any atom is 0.139 e. The topological polar surface area (TPSA) is 61.3 Å². The van der Waals surface area contributed by atoms with Gasteiger partial charge in [0, 0.05) is 22.2 Å². The number of hydrogen-bond acceptors (Lipinski definition) is 6. The molecule has 1 aliphatic rings. The summed E-state index contributed by atoms with van der Waals surface area (Å²) in [5.74, 6) is 0.928. The second kappa shape index (κ2) is 7.10. The molecule has 1 atom stereocenters. The third kappa shape index (κ3) is 3.29. The number of thiophene rings is 1. The molecule has 5 nitrogen and oxygen atoms in total. The molecule has 0 amide bonds. The number of rotatable bonds is 4. The number of nitrogens with one attached hydrogen (secondary N) is 1. The van der Waals surface area contributed by atoms with Crippen LogP contribution in [0.5, 0.6) is 0 Å². The first-order valence-electron chi connectivity index (χ1n) is 9.31. The molecule has 138 valence electrons. The van der Waals surface area contributed by atoms with Gasteiger partial charge in [0.2, 0.25) is 0 Å². The van der Waals surface area contributed by atoms with E-state index in [0.717, 1.165) is 39.8 Å². The van der Waals surface area contributed by atoms with Crippen LogP contribution in [-0.2, 0) is 0 Å². The van der Waals surface area contributed by atoms with E-state index < -0.39 is 6.10 Å². The SMILES string of the molecule is C[C@H](O)c1ccc2sc3ncnc(NC4CCC(N(C)C)CC4)c3c2c1. The third-order valence-corrected chi connectivity index (χ3v) is 6.62. The van der Waals surface area contributed by atoms with Crippen molar-refractivity contribution in [2.75, 3.05) is 19.4 Å². The van der Waals surface area contributed by atoms with E-state index in [0.29, 0.717) is 12.1 Å². The number of fused-ring (bicyclic) bond motifs is 3. The Bertz CT molecular complexity index is 913. The predicted molar refractivity (Wildman–Crippen MR) is 109 cm³/mol. The Balaban J connectivity index is 1.67. The van der Waals surface area contributed by atoms with Crippen molar-refractivity contribution in [3.05, 3.63) is 30.1 Å². The van der Waals surface area contributed by atoms with Crippen molar-refractivity contribution >= 4 is 37.5 Å². The van der Waals surface area contributed by atoms with Gasteiger partial charge in [-0.05, 0) is 64.4 Å². The number of benzene rings is 1. The molecule has 6 heteroatoms. The smallest absolute Gasteiger partial charge is 0.139 e. The van der Waals surface area contributed by atoms with Crippen molar-refractivity contribution in [1.82, 2.24) is 14.9 Å². The second-order valence-corrected chi connectivity index (χ2v) is 8.58. The van der Waals surface area contributed by atoms with Gasteiger partial charge in [-0.1, -0.05) is 6.07 Å². The lowest BCUT2D eigenvalue weighted by Gasteiger charge is -2.33. The molecule has 26 heavy (non-hydrogen) atoms. The Morgan fingerprint density at radius 3 is 2.65 bits per heavy atom. The van der Waals surface area contributed by atoms with Gasteiger partial charge in [0.15, 0.2) is 0 Å². The summed E-state index contributed by atoms with van der Waals surface area (Å²) in [6.45, 7) is 1.80. The first kappa shape index (κ1) is 17.6. The summed E-state index contributed by atoms with van der Waals surface area (Å²) < 4.78 is 1.18. The standard InChI is InChI=1S/C20H26N4OS/c1-12(25)13-4-9-17-16(10-13)18-19(21-11-22-20(18)26-17)23-14-5-7-15(8-6-14)24(2)3/h4,9-12,14-15,25H,5-8H2,1-3H3,(H,21,22,23)/t12-,14?,15?/m0/s1. The minimum absolute atomic E-state index is 0.458. The second-order valence-electron chi connectivity index (χ2n) is 7.55. The van der Waals surface area contributed by atoms with Crippen LogP contribution in [0.1, 0.15) is 44.3 Å². The van der Waals surface area contributed by atoms with Crippen molar-refractivity contribution in [2.24, 2.45) is 0 Å². The number of aliphatic hydroxyl groups is 1. The highest BCUT2D eigenvalue weighted by atomic mass is 32.1. The monoisotopic (exact) mass is 370 g/mol. The van der Waals surface area contributed by atoms with E-state index in [2.05, 4.69) is 46.4 Å². The van der Waals surface area contributed by atoms with Crippen LogP contribution in [0.3, 0.4) is 0 Å². The van der Waals surface area contributed by atoms with Crippen molar-refractivity contribution in [3.63, 3.8) is 0 Å². The van der Waals surface area contributed by atoms with Gasteiger partial charge in [-0.3, -0.25) is 0 Å². The molecule has 1 aromatic carbocycles. The van der Waals surface area contributed by atoms with Crippen molar-refractivity contribution in [2.45, 2.75) is 50.8 Å². The van der Waals surface area contributed by atoms with Crippen molar-refractivity contribution < 1.29 is 5.11 Å². The van der Waals surface area contributed by atoms with E-state index >= 15 is 0 Å². The Kier molecular flexibility index (Phi) is 4.82. The van der Waals surface area contributed by atoms with E-state index in [1.165, 1.54) is 17.5 Å². The van der Waals surface area contributed by atoms with Crippen molar-refractivity contribution in [1.29, 1.82) is 0 Å². The molecule has 2 aromatic heterocycles. The van der Waals surface area contributed by atoms with Crippen LogP contribution in [0.25, 0.3) is 20.3 Å². The molecule has 1 aliphatic carbocycles. The first-order chi connectivity index (χ1) is 12.5. The van der Waals surface area contributed by atoms with Gasteiger partial charge in [0.05, 0.1) is 11.5 Å². The zero-order valence-corrected chi connectivity index (χ0v) is 16.4. The fourth-order valence-electron chi connectivity index (χ4n) is 3.92. The lowest BCUT2D eigenvalue weighted by molar-refractivity contribution is 0.199. The summed E-state index contributed by atoms with van der Waals surface area (Å²) in [7, 11) is 4.34. The quantitative estimate of drug-likeness (QED) is 0.721. The zero-order valence-electron chi connectivity index (χ0n) is 15.6. The van der Waals surface area contributed by atoms with E-state index in [4.69, 9.17) is 0 Å². The summed E-state index contributed by atoms with van der Waals surface area (Å²) in [4.78, 5) is 12.4. The lowest BCUT2D eigenvalue weighted by atomic mass is 9.90. The van der Waals surface area contributed by atoms with E-state index in [-0.39, 0.29) is 0 Å². The number of hydrogen-bond donors (Lipinski definition) is 2. The lowest BCUT2D eigenvalue weighted by Crippen LogP contribution is -2.36. The molecule has 2 N–H and O–H groups in total. The molecule has 0 radical (unpaired) electrons. The maximum absolute atomic E-state index is 9.95. The maximum atomic E-state index is 9.95. The minimum Gasteiger partial charge on any atom is -0.389 e. The molecule has 4 rings (SSSR count). The molecule has 0 unspecified atom stereocenters. The largest absolute Gasteiger partial charge is 0.389 e. The van der Waals surface area contributed by atoms with Gasteiger partial charge in [-0.15, -0.1) is 11.3 Å². The fraction of sp³-hybridized carbons (Fsp3) is 0.500. The van der Waals surface area contributed by atoms with Gasteiger partial charge in [-0.25, -0.2) is 9.97 Å². The molecule has 1 fully saturated rings. The van der Waals surface area contributed by atoms with Gasteiger partial charge in [-0.2, -0.15) is 0 Å². The Hall–Kier alpha value is -1.76. The minimum atomic E-state index is -0.475. The van der Waals surface area contributed by atoms with Crippen LogP contribution in [-0.4, -0.2) is 46.2 Å². The summed E-state index contributed by atoms with van der Waals surface area (Å²) in [5, 5.41) is 15.9. The van der Waals surface area contributed by atoms with Gasteiger partial charge >= 0.3 is 0 Å². The highest BCUT2D eigenvalue weighted by Crippen LogP contribution is 2.38. The third-order valence-electron chi connectivity index (χ3n) is 5.54. The molecule has 2 heterocycles. The number of aliphatic hydroxyl groups excluding tert-OH is 1. The van der Waals surface area contributed by atoms with Crippen LogP contribution in [0.4, 0.5) is 5.82 Å². The number of anilines is 1. The highest BCUT2D eigenvalue weighted by molar-refractivity contribution is 7.25. The van der Waals surface area contributed by atoms with Gasteiger partial charge in [0.1, 0.15) is 17.0 Å². The van der Waals surface area contributed by atoms with Crippen LogP contribution in [0.2, 0.25) is 0 Å². The molecular weight excluding hydrogens is 344 g/mol.